The molecule has 16 heavy (non-hydrogen) atoms. The van der Waals surface area contributed by atoms with Crippen molar-refractivity contribution < 1.29 is 4.79 Å². The van der Waals surface area contributed by atoms with Crippen LogP contribution in [0, 0.1) is 11.3 Å². The SMILES string of the molecule is N#CC1CNCCN1C(=O)c1cncnc1. The molecule has 1 aliphatic rings. The average Bonchev–Trinajstić information content (AvgIpc) is 2.39. The highest BCUT2D eigenvalue weighted by Crippen LogP contribution is 2.08. The number of amides is 1. The third-order valence-corrected chi connectivity index (χ3v) is 2.46. The first kappa shape index (κ1) is 10.5. The van der Waals surface area contributed by atoms with E-state index >= 15 is 0 Å². The molecule has 0 bridgehead atoms. The number of hydrogen-bond acceptors (Lipinski definition) is 5. The van der Waals surface area contributed by atoms with Crippen molar-refractivity contribution in [2.75, 3.05) is 19.6 Å². The lowest BCUT2D eigenvalue weighted by atomic mass is 10.2. The number of aromatic nitrogens is 2. The maximum absolute atomic E-state index is 12.0. The first-order valence-corrected chi connectivity index (χ1v) is 4.99. The van der Waals surface area contributed by atoms with E-state index in [4.69, 9.17) is 5.26 Å². The fourth-order valence-corrected chi connectivity index (χ4v) is 1.64. The Kier molecular flexibility index (Phi) is 3.08. The lowest BCUT2D eigenvalue weighted by Crippen LogP contribution is -2.53. The van der Waals surface area contributed by atoms with Crippen molar-refractivity contribution in [3.63, 3.8) is 0 Å². The number of nitrogens with zero attached hydrogens (tertiary/aromatic N) is 4. The van der Waals surface area contributed by atoms with Gasteiger partial charge in [-0.25, -0.2) is 9.97 Å². The summed E-state index contributed by atoms with van der Waals surface area (Å²) in [7, 11) is 0. The summed E-state index contributed by atoms with van der Waals surface area (Å²) < 4.78 is 0. The molecule has 1 aromatic heterocycles. The zero-order valence-electron chi connectivity index (χ0n) is 8.63. The molecule has 82 valence electrons. The van der Waals surface area contributed by atoms with Gasteiger partial charge in [0.25, 0.3) is 5.91 Å². The van der Waals surface area contributed by atoms with Gasteiger partial charge in [-0.2, -0.15) is 5.26 Å². The molecule has 6 nitrogen and oxygen atoms in total. The molecular weight excluding hydrogens is 206 g/mol. The van der Waals surface area contributed by atoms with Gasteiger partial charge in [-0.3, -0.25) is 4.79 Å². The van der Waals surface area contributed by atoms with Crippen molar-refractivity contribution >= 4 is 5.91 Å². The van der Waals surface area contributed by atoms with E-state index < -0.39 is 6.04 Å². The van der Waals surface area contributed by atoms with Gasteiger partial charge in [-0.15, -0.1) is 0 Å². The normalized spacial score (nSPS) is 20.2. The summed E-state index contributed by atoms with van der Waals surface area (Å²) in [6, 6.07) is 1.69. The molecule has 6 heteroatoms. The highest BCUT2D eigenvalue weighted by Gasteiger charge is 2.27. The third-order valence-electron chi connectivity index (χ3n) is 2.46. The minimum absolute atomic E-state index is 0.186. The Bertz CT molecular complexity index is 413. The van der Waals surface area contributed by atoms with Crippen molar-refractivity contribution in [3.05, 3.63) is 24.3 Å². The van der Waals surface area contributed by atoms with Crippen LogP contribution in [0.15, 0.2) is 18.7 Å². The molecule has 1 atom stereocenters. The molecule has 1 saturated heterocycles. The van der Waals surface area contributed by atoms with E-state index in [1.807, 2.05) is 0 Å². The molecule has 0 radical (unpaired) electrons. The van der Waals surface area contributed by atoms with E-state index in [1.54, 1.807) is 4.90 Å². The van der Waals surface area contributed by atoms with Crippen LogP contribution in [-0.2, 0) is 0 Å². The maximum atomic E-state index is 12.0. The van der Waals surface area contributed by atoms with Crippen LogP contribution < -0.4 is 5.32 Å². The Morgan fingerprint density at radius 2 is 2.31 bits per heavy atom. The first-order valence-electron chi connectivity index (χ1n) is 4.99. The zero-order chi connectivity index (χ0) is 11.4. The number of nitriles is 1. The molecule has 0 aliphatic carbocycles. The van der Waals surface area contributed by atoms with Crippen molar-refractivity contribution in [1.82, 2.24) is 20.2 Å². The standard InChI is InChI=1S/C10H11N5O/c11-3-9-6-12-1-2-15(9)10(16)8-4-13-7-14-5-8/h4-5,7,9,12H,1-2,6H2. The number of nitrogens with one attached hydrogen (secondary N) is 1. The molecular formula is C10H11N5O. The third kappa shape index (κ3) is 1.99. The Morgan fingerprint density at radius 1 is 1.56 bits per heavy atom. The minimum atomic E-state index is -0.415. The molecule has 1 N–H and O–H groups in total. The Labute approximate surface area is 92.9 Å². The summed E-state index contributed by atoms with van der Waals surface area (Å²) in [6.45, 7) is 1.75. The number of piperazine rings is 1. The van der Waals surface area contributed by atoms with E-state index in [1.165, 1.54) is 18.7 Å². The Balaban J connectivity index is 2.18. The van der Waals surface area contributed by atoms with Crippen LogP contribution in [0.1, 0.15) is 10.4 Å². The van der Waals surface area contributed by atoms with E-state index in [9.17, 15) is 4.79 Å². The number of carbonyl (C=O) groups is 1. The molecule has 1 unspecified atom stereocenters. The second-order valence-corrected chi connectivity index (χ2v) is 3.47. The summed E-state index contributed by atoms with van der Waals surface area (Å²) in [6.07, 6.45) is 4.30. The van der Waals surface area contributed by atoms with Crippen LogP contribution in [0.5, 0.6) is 0 Å². The van der Waals surface area contributed by atoms with Crippen molar-refractivity contribution in [2.24, 2.45) is 0 Å². The van der Waals surface area contributed by atoms with E-state index in [0.717, 1.165) is 0 Å². The van der Waals surface area contributed by atoms with E-state index in [-0.39, 0.29) is 5.91 Å². The van der Waals surface area contributed by atoms with Crippen molar-refractivity contribution in [2.45, 2.75) is 6.04 Å². The molecule has 1 aromatic rings. The molecule has 2 rings (SSSR count). The maximum Gasteiger partial charge on any atom is 0.258 e. The predicted octanol–water partition coefficient (Wildman–Crippen LogP) is -0.586. The van der Waals surface area contributed by atoms with Gasteiger partial charge in [-0.05, 0) is 0 Å². The van der Waals surface area contributed by atoms with Gasteiger partial charge in [0.15, 0.2) is 0 Å². The van der Waals surface area contributed by atoms with Crippen LogP contribution >= 0.6 is 0 Å². The van der Waals surface area contributed by atoms with Crippen molar-refractivity contribution in [1.29, 1.82) is 5.26 Å². The Morgan fingerprint density at radius 3 is 3.00 bits per heavy atom. The average molecular weight is 217 g/mol. The van der Waals surface area contributed by atoms with Gasteiger partial charge >= 0.3 is 0 Å². The highest BCUT2D eigenvalue weighted by atomic mass is 16.2. The van der Waals surface area contributed by atoms with Gasteiger partial charge in [0.05, 0.1) is 11.6 Å². The molecule has 1 aliphatic heterocycles. The summed E-state index contributed by atoms with van der Waals surface area (Å²) >= 11 is 0. The monoisotopic (exact) mass is 217 g/mol. The smallest absolute Gasteiger partial charge is 0.258 e. The molecule has 0 aromatic carbocycles. The van der Waals surface area contributed by atoms with Crippen LogP contribution in [0.25, 0.3) is 0 Å². The lowest BCUT2D eigenvalue weighted by Gasteiger charge is -2.31. The van der Waals surface area contributed by atoms with E-state index in [2.05, 4.69) is 21.4 Å². The first-order chi connectivity index (χ1) is 7.83. The topological polar surface area (TPSA) is 81.9 Å². The van der Waals surface area contributed by atoms with Gasteiger partial charge in [0.2, 0.25) is 0 Å². The quantitative estimate of drug-likeness (QED) is 0.680. The number of carbonyl (C=O) groups excluding carboxylic acids is 1. The summed E-state index contributed by atoms with van der Waals surface area (Å²) in [5.41, 5.74) is 0.421. The van der Waals surface area contributed by atoms with Gasteiger partial charge in [0, 0.05) is 32.0 Å². The van der Waals surface area contributed by atoms with Crippen LogP contribution in [-0.4, -0.2) is 46.5 Å². The van der Waals surface area contributed by atoms with Crippen LogP contribution in [0.4, 0.5) is 0 Å². The van der Waals surface area contributed by atoms with Gasteiger partial charge < -0.3 is 10.2 Å². The molecule has 2 heterocycles. The predicted molar refractivity (Wildman–Crippen MR) is 55.3 cm³/mol. The molecule has 1 fully saturated rings. The lowest BCUT2D eigenvalue weighted by molar-refractivity contribution is 0.0686. The largest absolute Gasteiger partial charge is 0.320 e. The van der Waals surface area contributed by atoms with Gasteiger partial charge in [-0.1, -0.05) is 0 Å². The Hall–Kier alpha value is -2.00. The number of hydrogen-bond donors (Lipinski definition) is 1. The second-order valence-electron chi connectivity index (χ2n) is 3.47. The summed E-state index contributed by atoms with van der Waals surface area (Å²) in [4.78, 5) is 21.2. The van der Waals surface area contributed by atoms with Crippen LogP contribution in [0.2, 0.25) is 0 Å². The van der Waals surface area contributed by atoms with E-state index in [0.29, 0.717) is 25.2 Å². The fraction of sp³-hybridized carbons (Fsp3) is 0.400. The minimum Gasteiger partial charge on any atom is -0.320 e. The second kappa shape index (κ2) is 4.68. The molecule has 0 saturated carbocycles. The highest BCUT2D eigenvalue weighted by molar-refractivity contribution is 5.94. The summed E-state index contributed by atoms with van der Waals surface area (Å²) in [5, 5.41) is 12.0. The van der Waals surface area contributed by atoms with Crippen LogP contribution in [0.3, 0.4) is 0 Å². The zero-order valence-corrected chi connectivity index (χ0v) is 8.63. The number of rotatable bonds is 1. The van der Waals surface area contributed by atoms with Crippen molar-refractivity contribution in [3.8, 4) is 6.07 Å². The van der Waals surface area contributed by atoms with Gasteiger partial charge in [0.1, 0.15) is 12.4 Å². The molecule has 1 amide bonds. The summed E-state index contributed by atoms with van der Waals surface area (Å²) in [5.74, 6) is -0.186. The fourth-order valence-electron chi connectivity index (χ4n) is 1.64. The molecule has 0 spiro atoms.